The van der Waals surface area contributed by atoms with Gasteiger partial charge in [-0.25, -0.2) is 4.98 Å². The lowest BCUT2D eigenvalue weighted by molar-refractivity contribution is -0.145. The monoisotopic (exact) mass is 594 g/mol. The Morgan fingerprint density at radius 1 is 0.976 bits per heavy atom. The van der Waals surface area contributed by atoms with Crippen molar-refractivity contribution in [3.8, 4) is 11.3 Å². The molecule has 0 N–H and O–H groups in total. The van der Waals surface area contributed by atoms with E-state index in [1.807, 2.05) is 47.1 Å². The minimum atomic E-state index is -0.189. The molecule has 3 aliphatic heterocycles. The molecule has 41 heavy (non-hydrogen) atoms. The highest BCUT2D eigenvalue weighted by atomic mass is 35.5. The van der Waals surface area contributed by atoms with Gasteiger partial charge in [-0.15, -0.1) is 0 Å². The number of aromatic nitrogens is 1. The van der Waals surface area contributed by atoms with E-state index in [1.165, 1.54) is 0 Å². The van der Waals surface area contributed by atoms with Crippen LogP contribution in [0.25, 0.3) is 22.2 Å². The molecular weight excluding hydrogens is 559 g/mol. The molecule has 3 aromatic rings. The molecule has 3 saturated heterocycles. The number of ether oxygens (including phenoxy) is 1. The lowest BCUT2D eigenvalue weighted by atomic mass is 9.80. The lowest BCUT2D eigenvalue weighted by Crippen LogP contribution is -2.54. The number of pyridine rings is 1. The molecule has 3 aliphatic rings. The summed E-state index contributed by atoms with van der Waals surface area (Å²) in [4.78, 5) is 37.2. The van der Waals surface area contributed by atoms with Crippen molar-refractivity contribution >= 4 is 46.4 Å². The Hall–Kier alpha value is -2.71. The fourth-order valence-electron chi connectivity index (χ4n) is 6.82. The van der Waals surface area contributed by atoms with Gasteiger partial charge in [-0.05, 0) is 80.6 Å². The molecule has 3 fully saturated rings. The van der Waals surface area contributed by atoms with Crippen LogP contribution in [0, 0.1) is 12.8 Å². The Kier molecular flexibility index (Phi) is 8.50. The van der Waals surface area contributed by atoms with Gasteiger partial charge in [0.2, 0.25) is 12.3 Å². The molecular formula is C32H36Cl2N4O3. The van der Waals surface area contributed by atoms with Crippen LogP contribution >= 0.6 is 23.2 Å². The van der Waals surface area contributed by atoms with Crippen molar-refractivity contribution in [2.24, 2.45) is 5.92 Å². The molecule has 1 unspecified atom stereocenters. The van der Waals surface area contributed by atoms with Gasteiger partial charge >= 0.3 is 0 Å². The maximum atomic E-state index is 14.3. The first kappa shape index (κ1) is 28.4. The molecule has 7 nitrogen and oxygen atoms in total. The summed E-state index contributed by atoms with van der Waals surface area (Å²) in [6.45, 7) is 6.81. The van der Waals surface area contributed by atoms with Crippen LogP contribution in [0.2, 0.25) is 10.0 Å². The molecule has 0 saturated carbocycles. The highest BCUT2D eigenvalue weighted by Crippen LogP contribution is 2.44. The molecule has 0 bridgehead atoms. The summed E-state index contributed by atoms with van der Waals surface area (Å²) in [6, 6.07) is 14.2. The fourth-order valence-corrected chi connectivity index (χ4v) is 7.11. The average Bonchev–Trinajstić information content (AvgIpc) is 3.01. The van der Waals surface area contributed by atoms with E-state index in [4.69, 9.17) is 32.9 Å². The molecule has 4 heterocycles. The van der Waals surface area contributed by atoms with Crippen molar-refractivity contribution in [1.82, 2.24) is 19.7 Å². The maximum Gasteiger partial charge on any atom is 0.227 e. The van der Waals surface area contributed by atoms with Gasteiger partial charge in [0.15, 0.2) is 0 Å². The summed E-state index contributed by atoms with van der Waals surface area (Å²) in [5, 5.41) is 2.38. The third-order valence-corrected chi connectivity index (χ3v) is 9.67. The topological polar surface area (TPSA) is 66.0 Å². The summed E-state index contributed by atoms with van der Waals surface area (Å²) in [6.07, 6.45) is 4.54. The number of fused-ring (bicyclic) bond motifs is 1. The number of hydrogen-bond acceptors (Lipinski definition) is 5. The third-order valence-electron chi connectivity index (χ3n) is 9.01. The van der Waals surface area contributed by atoms with Gasteiger partial charge in [-0.3, -0.25) is 14.5 Å². The first-order valence-electron chi connectivity index (χ1n) is 14.6. The number of benzene rings is 2. The van der Waals surface area contributed by atoms with Crippen molar-refractivity contribution in [3.05, 3.63) is 63.6 Å². The highest BCUT2D eigenvalue weighted by Gasteiger charge is 2.43. The molecule has 1 aromatic heterocycles. The van der Waals surface area contributed by atoms with E-state index in [9.17, 15) is 9.59 Å². The van der Waals surface area contributed by atoms with Crippen LogP contribution in [0.3, 0.4) is 0 Å². The van der Waals surface area contributed by atoms with Gasteiger partial charge in [0.05, 0.1) is 30.3 Å². The molecule has 2 atom stereocenters. The van der Waals surface area contributed by atoms with Crippen LogP contribution in [0.15, 0.2) is 42.5 Å². The first-order valence-corrected chi connectivity index (χ1v) is 15.4. The van der Waals surface area contributed by atoms with E-state index in [2.05, 4.69) is 17.0 Å². The molecule has 6 rings (SSSR count). The zero-order valence-electron chi connectivity index (χ0n) is 23.4. The normalized spacial score (nSPS) is 22.7. The number of carbonyl (C=O) groups is 2. The molecule has 0 radical (unpaired) electrons. The summed E-state index contributed by atoms with van der Waals surface area (Å²) in [5.74, 6) is 0.0163. The molecule has 9 heteroatoms. The summed E-state index contributed by atoms with van der Waals surface area (Å²) < 4.78 is 5.57. The Labute approximate surface area is 251 Å². The number of rotatable bonds is 5. The van der Waals surface area contributed by atoms with Gasteiger partial charge in [0, 0.05) is 59.3 Å². The van der Waals surface area contributed by atoms with Crippen molar-refractivity contribution in [1.29, 1.82) is 0 Å². The van der Waals surface area contributed by atoms with Crippen molar-refractivity contribution in [2.75, 3.05) is 45.9 Å². The zero-order valence-corrected chi connectivity index (χ0v) is 24.9. The van der Waals surface area contributed by atoms with E-state index in [1.54, 1.807) is 0 Å². The highest BCUT2D eigenvalue weighted by molar-refractivity contribution is 6.32. The van der Waals surface area contributed by atoms with Gasteiger partial charge in [-0.1, -0.05) is 35.3 Å². The minimum absolute atomic E-state index is 0.121. The second-order valence-corrected chi connectivity index (χ2v) is 12.3. The van der Waals surface area contributed by atoms with Crippen molar-refractivity contribution in [2.45, 2.75) is 44.7 Å². The largest absolute Gasteiger partial charge is 0.378 e. The molecule has 2 aromatic carbocycles. The Morgan fingerprint density at radius 2 is 1.71 bits per heavy atom. The summed E-state index contributed by atoms with van der Waals surface area (Å²) in [7, 11) is 0. The van der Waals surface area contributed by atoms with Gasteiger partial charge < -0.3 is 14.5 Å². The number of halogens is 2. The number of morpholine rings is 1. The number of likely N-dealkylation sites (tertiary alicyclic amines) is 2. The smallest absolute Gasteiger partial charge is 0.227 e. The number of nitrogens with zero attached hydrogens (tertiary/aromatic N) is 4. The molecule has 216 valence electrons. The number of amides is 2. The SMILES string of the molecule is Cc1cc2c(C3[C@H](C(=O)N4CCOCC4)CCCN3C3CCN(C=O)CC3)cc(-c3ccc(Cl)cc3)nc2cc1Cl. The number of carbonyl (C=O) groups excluding carboxylic acids is 2. The maximum absolute atomic E-state index is 14.3. The number of aryl methyl sites for hydroxylation is 1. The van der Waals surface area contributed by atoms with Gasteiger partial charge in [0.25, 0.3) is 0 Å². The van der Waals surface area contributed by atoms with Crippen molar-refractivity contribution < 1.29 is 14.3 Å². The number of hydrogen-bond donors (Lipinski definition) is 0. The minimum Gasteiger partial charge on any atom is -0.378 e. The van der Waals surface area contributed by atoms with Crippen LogP contribution in [0.4, 0.5) is 0 Å². The molecule has 0 aliphatic carbocycles. The quantitative estimate of drug-likeness (QED) is 0.352. The van der Waals surface area contributed by atoms with Crippen LogP contribution in [-0.4, -0.2) is 84.0 Å². The Morgan fingerprint density at radius 3 is 2.41 bits per heavy atom. The summed E-state index contributed by atoms with van der Waals surface area (Å²) >= 11 is 12.8. The Balaban J connectivity index is 1.51. The van der Waals surface area contributed by atoms with Crippen LogP contribution in [-0.2, 0) is 14.3 Å². The first-order chi connectivity index (χ1) is 19.9. The number of piperidine rings is 2. The fraction of sp³-hybridized carbons (Fsp3) is 0.469. The Bertz CT molecular complexity index is 1420. The summed E-state index contributed by atoms with van der Waals surface area (Å²) in [5.41, 5.74) is 4.72. The second kappa shape index (κ2) is 12.3. The van der Waals surface area contributed by atoms with Gasteiger partial charge in [-0.2, -0.15) is 0 Å². The predicted molar refractivity (Wildman–Crippen MR) is 162 cm³/mol. The van der Waals surface area contributed by atoms with E-state index < -0.39 is 0 Å². The zero-order chi connectivity index (χ0) is 28.5. The third kappa shape index (κ3) is 5.82. The predicted octanol–water partition coefficient (Wildman–Crippen LogP) is 5.75. The van der Waals surface area contributed by atoms with Crippen LogP contribution in [0.1, 0.15) is 42.9 Å². The van der Waals surface area contributed by atoms with Gasteiger partial charge in [0.1, 0.15) is 0 Å². The van der Waals surface area contributed by atoms with E-state index >= 15 is 0 Å². The van der Waals surface area contributed by atoms with Crippen LogP contribution < -0.4 is 0 Å². The molecule has 0 spiro atoms. The lowest BCUT2D eigenvalue weighted by Gasteiger charge is -2.48. The van der Waals surface area contributed by atoms with E-state index in [-0.39, 0.29) is 23.9 Å². The van der Waals surface area contributed by atoms with Crippen molar-refractivity contribution in [3.63, 3.8) is 0 Å². The van der Waals surface area contributed by atoms with E-state index in [0.29, 0.717) is 36.3 Å². The molecule has 2 amide bonds. The second-order valence-electron chi connectivity index (χ2n) is 11.5. The van der Waals surface area contributed by atoms with E-state index in [0.717, 1.165) is 85.0 Å². The van der Waals surface area contributed by atoms with Crippen LogP contribution in [0.5, 0.6) is 0 Å². The average molecular weight is 596 g/mol. The standard InChI is InChI=1S/C32H36Cl2N4O3/c1-21-17-26-27(18-29(35-30(26)19-28(21)34)22-4-6-23(33)7-5-22)31-25(32(40)37-13-15-41-16-14-37)3-2-10-38(31)24-8-11-36(20-39)12-9-24/h4-7,17-20,24-25,31H,2-3,8-16H2,1H3/t25-,31?/m1/s1.